The topological polar surface area (TPSA) is 45.4 Å². The van der Waals surface area contributed by atoms with Crippen molar-refractivity contribution in [3.63, 3.8) is 0 Å². The van der Waals surface area contributed by atoms with E-state index in [2.05, 4.69) is 28.8 Å². The highest BCUT2D eigenvalue weighted by atomic mass is 16.2. The second-order valence-electron chi connectivity index (χ2n) is 8.78. The minimum atomic E-state index is -0.853. The van der Waals surface area contributed by atoms with Gasteiger partial charge in [0.15, 0.2) is 0 Å². The fourth-order valence-corrected chi connectivity index (χ4v) is 5.07. The average Bonchev–Trinajstić information content (AvgIpc) is 3.27. The number of rotatable bonds is 5. The van der Waals surface area contributed by atoms with E-state index in [9.17, 15) is 10.0 Å². The molecule has 0 saturated heterocycles. The maximum Gasteiger partial charge on any atom is 0.361 e. The molecule has 1 heterocycles. The van der Waals surface area contributed by atoms with E-state index in [4.69, 9.17) is 0 Å². The summed E-state index contributed by atoms with van der Waals surface area (Å²) in [5.74, 6) is 0. The minimum absolute atomic E-state index is 0.746. The summed E-state index contributed by atoms with van der Waals surface area (Å²) in [6.07, 6.45) is 0. The Labute approximate surface area is 205 Å². The molecule has 0 aliphatic carbocycles. The van der Waals surface area contributed by atoms with E-state index in [0.29, 0.717) is 0 Å². The molecule has 0 radical (unpaired) electrons. The van der Waals surface area contributed by atoms with Gasteiger partial charge in [0.1, 0.15) is 0 Å². The predicted molar refractivity (Wildman–Crippen MR) is 148 cm³/mol. The summed E-state index contributed by atoms with van der Waals surface area (Å²) < 4.78 is 2.19. The summed E-state index contributed by atoms with van der Waals surface area (Å²) in [4.78, 5) is 0. The molecule has 2 N–H and O–H groups in total. The zero-order chi connectivity index (χ0) is 23.8. The van der Waals surface area contributed by atoms with Gasteiger partial charge in [-0.25, -0.2) is 0 Å². The van der Waals surface area contributed by atoms with Gasteiger partial charge in [-0.15, -0.1) is 0 Å². The third kappa shape index (κ3) is 3.66. The highest BCUT2D eigenvalue weighted by Gasteiger charge is 2.29. The third-order valence-electron chi connectivity index (χ3n) is 6.72. The van der Waals surface area contributed by atoms with Crippen LogP contribution in [0.3, 0.4) is 0 Å². The molecule has 35 heavy (non-hydrogen) atoms. The van der Waals surface area contributed by atoms with Gasteiger partial charge in [-0.1, -0.05) is 115 Å². The van der Waals surface area contributed by atoms with Crippen LogP contribution >= 0.6 is 0 Å². The highest BCUT2D eigenvalue weighted by Crippen LogP contribution is 2.31. The van der Waals surface area contributed by atoms with Crippen LogP contribution in [0.5, 0.6) is 0 Å². The van der Waals surface area contributed by atoms with E-state index in [1.807, 2.05) is 103 Å². The number of hydrogen-bond donors (Lipinski definition) is 2. The molecule has 0 saturated carbocycles. The van der Waals surface area contributed by atoms with E-state index in [1.165, 1.54) is 0 Å². The van der Waals surface area contributed by atoms with Gasteiger partial charge in [-0.3, -0.25) is 0 Å². The Balaban J connectivity index is 1.70. The maximum atomic E-state index is 11.6. The quantitative estimate of drug-likeness (QED) is 0.396. The Morgan fingerprint density at radius 3 is 1.29 bits per heavy atom. The van der Waals surface area contributed by atoms with Crippen molar-refractivity contribution in [2.75, 3.05) is 0 Å². The molecule has 6 aromatic rings. The fraction of sp³-hybridized carbons (Fsp3) is 0. The zero-order valence-electron chi connectivity index (χ0n) is 19.1. The first-order valence-electron chi connectivity index (χ1n) is 11.8. The van der Waals surface area contributed by atoms with E-state index in [1.54, 1.807) is 0 Å². The van der Waals surface area contributed by atoms with Crippen LogP contribution < -0.4 is 21.9 Å². The third-order valence-corrected chi connectivity index (χ3v) is 6.72. The number of aromatic nitrogens is 1. The Hall–Kier alpha value is -4.05. The largest absolute Gasteiger partial charge is 0.443 e. The molecule has 0 fully saturated rings. The molecule has 0 atom stereocenters. The lowest BCUT2D eigenvalue weighted by molar-refractivity contribution is 0.599. The average molecular weight is 451 g/mol. The molecular formula is C30H23B2NO2. The van der Waals surface area contributed by atoms with Crippen LogP contribution in [-0.4, -0.2) is 28.4 Å². The second kappa shape index (κ2) is 8.95. The smallest absolute Gasteiger partial charge is 0.361 e. The van der Waals surface area contributed by atoms with Gasteiger partial charge in [-0.2, -0.15) is 0 Å². The monoisotopic (exact) mass is 451 g/mol. The van der Waals surface area contributed by atoms with E-state index < -0.39 is 13.8 Å². The molecule has 0 amide bonds. The maximum absolute atomic E-state index is 11.6. The van der Waals surface area contributed by atoms with Crippen molar-refractivity contribution in [1.82, 2.24) is 4.57 Å². The highest BCUT2D eigenvalue weighted by molar-refractivity contribution is 6.83. The predicted octanol–water partition coefficient (Wildman–Crippen LogP) is 2.98. The Morgan fingerprint density at radius 2 is 0.829 bits per heavy atom. The van der Waals surface area contributed by atoms with Crippen molar-refractivity contribution in [3.05, 3.63) is 127 Å². The molecule has 3 nitrogen and oxygen atoms in total. The van der Waals surface area contributed by atoms with Gasteiger partial charge in [0, 0.05) is 16.5 Å². The first kappa shape index (κ1) is 21.5. The standard InChI is InChI=1S/C30H23B2NO2/c34-31(22-12-3-1-4-13-22)26-18-11-19-27(32(35)23-14-5-2-6-15-23)30(26)33-28-20-9-7-16-24(28)25-17-8-10-21-29(25)33/h1-21,34-35H. The molecule has 0 aliphatic heterocycles. The minimum Gasteiger partial charge on any atom is -0.443 e. The first-order chi connectivity index (χ1) is 17.2. The van der Waals surface area contributed by atoms with E-state index in [-0.39, 0.29) is 0 Å². The van der Waals surface area contributed by atoms with Gasteiger partial charge in [0.05, 0.1) is 11.0 Å². The number of para-hydroxylation sites is 3. The van der Waals surface area contributed by atoms with E-state index >= 15 is 0 Å². The summed E-state index contributed by atoms with van der Waals surface area (Å²) in [6, 6.07) is 41.8. The van der Waals surface area contributed by atoms with E-state index in [0.717, 1.165) is 49.3 Å². The van der Waals surface area contributed by atoms with Crippen LogP contribution in [0.1, 0.15) is 0 Å². The van der Waals surface area contributed by atoms with Gasteiger partial charge in [0.2, 0.25) is 0 Å². The lowest BCUT2D eigenvalue weighted by atomic mass is 9.50. The molecule has 0 aliphatic rings. The van der Waals surface area contributed by atoms with Crippen LogP contribution in [-0.2, 0) is 0 Å². The molecule has 0 bridgehead atoms. The van der Waals surface area contributed by atoms with Crippen molar-refractivity contribution in [2.45, 2.75) is 0 Å². The molecule has 166 valence electrons. The SMILES string of the molecule is OB(c1ccccc1)c1cccc(B(O)c2ccccc2)c1-n1c2ccccc2c2ccccc21. The van der Waals surface area contributed by atoms with Gasteiger partial charge in [0.25, 0.3) is 0 Å². The number of benzene rings is 5. The summed E-state index contributed by atoms with van der Waals surface area (Å²) >= 11 is 0. The second-order valence-corrected chi connectivity index (χ2v) is 8.78. The molecule has 1 aromatic heterocycles. The Kier molecular flexibility index (Phi) is 5.49. The molecular weight excluding hydrogens is 428 g/mol. The Morgan fingerprint density at radius 1 is 0.429 bits per heavy atom. The van der Waals surface area contributed by atoms with Gasteiger partial charge in [-0.05, 0) is 34.0 Å². The van der Waals surface area contributed by atoms with Gasteiger partial charge < -0.3 is 14.6 Å². The van der Waals surface area contributed by atoms with Crippen LogP contribution in [0.25, 0.3) is 27.5 Å². The summed E-state index contributed by atoms with van der Waals surface area (Å²) in [5.41, 5.74) is 5.97. The van der Waals surface area contributed by atoms with Crippen LogP contribution in [0, 0.1) is 0 Å². The van der Waals surface area contributed by atoms with Crippen molar-refractivity contribution in [2.24, 2.45) is 0 Å². The fourth-order valence-electron chi connectivity index (χ4n) is 5.07. The summed E-state index contributed by atoms with van der Waals surface area (Å²) in [7, 11) is 0. The zero-order valence-corrected chi connectivity index (χ0v) is 19.1. The van der Waals surface area contributed by atoms with Crippen molar-refractivity contribution in [3.8, 4) is 5.69 Å². The summed E-state index contributed by atoms with van der Waals surface area (Å²) in [5, 5.41) is 25.5. The number of nitrogens with zero attached hydrogens (tertiary/aromatic N) is 1. The Bertz CT molecular complexity index is 1510. The van der Waals surface area contributed by atoms with Crippen LogP contribution in [0.15, 0.2) is 127 Å². The molecule has 5 heteroatoms. The van der Waals surface area contributed by atoms with Crippen molar-refractivity contribution in [1.29, 1.82) is 0 Å². The van der Waals surface area contributed by atoms with Crippen LogP contribution in [0.2, 0.25) is 0 Å². The van der Waals surface area contributed by atoms with Crippen LogP contribution in [0.4, 0.5) is 0 Å². The first-order valence-corrected chi connectivity index (χ1v) is 11.8. The molecule has 0 spiro atoms. The summed E-state index contributed by atoms with van der Waals surface area (Å²) in [6.45, 7) is -1.71. The van der Waals surface area contributed by atoms with Crippen molar-refractivity contribution < 1.29 is 10.0 Å². The van der Waals surface area contributed by atoms with Gasteiger partial charge >= 0.3 is 13.8 Å². The van der Waals surface area contributed by atoms with Crippen molar-refractivity contribution >= 4 is 57.5 Å². The normalized spacial score (nSPS) is 11.1. The lowest BCUT2D eigenvalue weighted by Gasteiger charge is -2.22. The number of fused-ring (bicyclic) bond motifs is 3. The molecule has 0 unspecified atom stereocenters. The molecule has 6 rings (SSSR count). The number of hydrogen-bond acceptors (Lipinski definition) is 2. The lowest BCUT2D eigenvalue weighted by Crippen LogP contribution is -2.51. The molecule has 5 aromatic carbocycles.